The summed E-state index contributed by atoms with van der Waals surface area (Å²) < 4.78 is 18.2. The van der Waals surface area contributed by atoms with E-state index < -0.39 is 6.10 Å². The molecule has 0 aliphatic carbocycles. The first kappa shape index (κ1) is 18.2. The van der Waals surface area contributed by atoms with Gasteiger partial charge in [-0.25, -0.2) is 4.39 Å². The average molecular weight is 332 g/mol. The highest BCUT2D eigenvalue weighted by molar-refractivity contribution is 5.56. The first-order chi connectivity index (χ1) is 11.6. The number of hydrogen-bond acceptors (Lipinski definition) is 4. The number of aliphatic hydroxyl groups excluding tert-OH is 1. The Morgan fingerprint density at radius 2 is 1.71 bits per heavy atom. The number of halogens is 1. The molecule has 0 aromatic heterocycles. The molecule has 1 unspecified atom stereocenters. The van der Waals surface area contributed by atoms with Crippen LogP contribution in [-0.4, -0.2) is 37.5 Å². The Kier molecular flexibility index (Phi) is 7.03. The van der Waals surface area contributed by atoms with Crippen molar-refractivity contribution in [3.05, 3.63) is 59.4 Å². The average Bonchev–Trinajstić information content (AvgIpc) is 2.56. The Hall–Kier alpha value is -2.11. The highest BCUT2D eigenvalue weighted by Crippen LogP contribution is 2.18. The van der Waals surface area contributed by atoms with Crippen molar-refractivity contribution in [2.24, 2.45) is 0 Å². The van der Waals surface area contributed by atoms with Crippen molar-refractivity contribution in [2.75, 3.05) is 31.6 Å². The van der Waals surface area contributed by atoms with Gasteiger partial charge in [0.2, 0.25) is 0 Å². The molecule has 0 aliphatic heterocycles. The summed E-state index contributed by atoms with van der Waals surface area (Å²) in [5, 5.41) is 16.5. The number of rotatable bonds is 9. The summed E-state index contributed by atoms with van der Waals surface area (Å²) in [5.74, 6) is 0.244. The molecule has 24 heavy (non-hydrogen) atoms. The van der Waals surface area contributed by atoms with E-state index in [9.17, 15) is 9.50 Å². The molecule has 3 N–H and O–H groups in total. The fourth-order valence-corrected chi connectivity index (χ4v) is 2.42. The first-order valence-electron chi connectivity index (χ1n) is 8.13. The molecule has 0 spiro atoms. The van der Waals surface area contributed by atoms with Gasteiger partial charge in [-0.1, -0.05) is 18.2 Å². The molecule has 2 rings (SSSR count). The van der Waals surface area contributed by atoms with E-state index in [1.807, 2.05) is 6.07 Å². The monoisotopic (exact) mass is 332 g/mol. The van der Waals surface area contributed by atoms with Crippen LogP contribution in [0.1, 0.15) is 11.1 Å². The van der Waals surface area contributed by atoms with Gasteiger partial charge in [-0.05, 0) is 49.2 Å². The maximum absolute atomic E-state index is 12.8. The van der Waals surface area contributed by atoms with Crippen molar-refractivity contribution in [3.8, 4) is 5.75 Å². The van der Waals surface area contributed by atoms with Gasteiger partial charge in [0.05, 0.1) is 0 Å². The molecule has 2 aromatic carbocycles. The smallest absolute Gasteiger partial charge is 0.123 e. The van der Waals surface area contributed by atoms with Crippen molar-refractivity contribution in [3.63, 3.8) is 0 Å². The maximum Gasteiger partial charge on any atom is 0.123 e. The quantitative estimate of drug-likeness (QED) is 0.618. The van der Waals surface area contributed by atoms with Crippen molar-refractivity contribution in [2.45, 2.75) is 20.0 Å². The van der Waals surface area contributed by atoms with E-state index in [1.165, 1.54) is 28.9 Å². The molecular formula is C19H25FN2O2. The van der Waals surface area contributed by atoms with E-state index in [1.54, 1.807) is 12.1 Å². The highest BCUT2D eigenvalue weighted by Gasteiger charge is 2.05. The second-order valence-electron chi connectivity index (χ2n) is 5.82. The van der Waals surface area contributed by atoms with Crippen LogP contribution in [0.5, 0.6) is 5.75 Å². The zero-order chi connectivity index (χ0) is 17.4. The van der Waals surface area contributed by atoms with Gasteiger partial charge >= 0.3 is 0 Å². The molecule has 0 saturated carbocycles. The van der Waals surface area contributed by atoms with Gasteiger partial charge in [0.25, 0.3) is 0 Å². The minimum Gasteiger partial charge on any atom is -0.491 e. The summed E-state index contributed by atoms with van der Waals surface area (Å²) in [6, 6.07) is 12.0. The van der Waals surface area contributed by atoms with Crippen LogP contribution in [0.2, 0.25) is 0 Å². The lowest BCUT2D eigenvalue weighted by molar-refractivity contribution is 0.107. The van der Waals surface area contributed by atoms with Gasteiger partial charge in [0.15, 0.2) is 0 Å². The molecule has 0 bridgehead atoms. The van der Waals surface area contributed by atoms with Crippen LogP contribution < -0.4 is 15.4 Å². The van der Waals surface area contributed by atoms with Crippen LogP contribution in [0.15, 0.2) is 42.5 Å². The standard InChI is InChI=1S/C19H25FN2O2/c1-14-4-3-5-15(2)19(14)22-11-10-21-12-17(23)13-24-18-8-6-16(20)7-9-18/h3-9,17,21-23H,10-13H2,1-2H3. The fraction of sp³-hybridized carbons (Fsp3) is 0.368. The Bertz CT molecular complexity index is 612. The van der Waals surface area contributed by atoms with Crippen LogP contribution in [0.4, 0.5) is 10.1 Å². The van der Waals surface area contributed by atoms with Gasteiger partial charge in [0.1, 0.15) is 24.3 Å². The Labute approximate surface area is 142 Å². The summed E-state index contributed by atoms with van der Waals surface area (Å²) >= 11 is 0. The summed E-state index contributed by atoms with van der Waals surface area (Å²) in [5.41, 5.74) is 3.62. The molecule has 0 fully saturated rings. The van der Waals surface area contributed by atoms with Crippen LogP contribution in [0, 0.1) is 19.7 Å². The molecule has 5 heteroatoms. The predicted molar refractivity (Wildman–Crippen MR) is 95.2 cm³/mol. The molecule has 1 atom stereocenters. The number of anilines is 1. The highest BCUT2D eigenvalue weighted by atomic mass is 19.1. The first-order valence-corrected chi connectivity index (χ1v) is 8.13. The Morgan fingerprint density at radius 1 is 1.04 bits per heavy atom. The van der Waals surface area contributed by atoms with Crippen molar-refractivity contribution in [1.29, 1.82) is 0 Å². The van der Waals surface area contributed by atoms with Crippen molar-refractivity contribution >= 4 is 5.69 Å². The summed E-state index contributed by atoms with van der Waals surface area (Å²) in [6.07, 6.45) is -0.616. The fourth-order valence-electron chi connectivity index (χ4n) is 2.42. The molecule has 0 heterocycles. The van der Waals surface area contributed by atoms with Crippen LogP contribution in [-0.2, 0) is 0 Å². The number of benzene rings is 2. The van der Waals surface area contributed by atoms with E-state index in [0.717, 1.165) is 13.1 Å². The number of para-hydroxylation sites is 1. The van der Waals surface area contributed by atoms with E-state index in [-0.39, 0.29) is 12.4 Å². The number of aryl methyl sites for hydroxylation is 2. The second kappa shape index (κ2) is 9.25. The van der Waals surface area contributed by atoms with Crippen molar-refractivity contribution in [1.82, 2.24) is 5.32 Å². The van der Waals surface area contributed by atoms with E-state index in [0.29, 0.717) is 12.3 Å². The second-order valence-corrected chi connectivity index (χ2v) is 5.82. The van der Waals surface area contributed by atoms with Gasteiger partial charge < -0.3 is 20.5 Å². The third kappa shape index (κ3) is 5.83. The molecule has 2 aromatic rings. The molecule has 0 radical (unpaired) electrons. The van der Waals surface area contributed by atoms with Gasteiger partial charge in [-0.2, -0.15) is 0 Å². The SMILES string of the molecule is Cc1cccc(C)c1NCCNCC(O)COc1ccc(F)cc1. The van der Waals surface area contributed by atoms with E-state index in [2.05, 4.69) is 36.6 Å². The number of hydrogen-bond donors (Lipinski definition) is 3. The zero-order valence-corrected chi connectivity index (χ0v) is 14.2. The van der Waals surface area contributed by atoms with E-state index >= 15 is 0 Å². The Balaban J connectivity index is 1.61. The van der Waals surface area contributed by atoms with Gasteiger partial charge in [0, 0.05) is 25.3 Å². The minimum absolute atomic E-state index is 0.170. The third-order valence-electron chi connectivity index (χ3n) is 3.72. The molecular weight excluding hydrogens is 307 g/mol. The van der Waals surface area contributed by atoms with Gasteiger partial charge in [-0.15, -0.1) is 0 Å². The summed E-state index contributed by atoms with van der Waals surface area (Å²) in [4.78, 5) is 0. The lowest BCUT2D eigenvalue weighted by atomic mass is 10.1. The summed E-state index contributed by atoms with van der Waals surface area (Å²) in [6.45, 7) is 6.29. The largest absolute Gasteiger partial charge is 0.491 e. The number of ether oxygens (including phenoxy) is 1. The van der Waals surface area contributed by atoms with Crippen molar-refractivity contribution < 1.29 is 14.2 Å². The minimum atomic E-state index is -0.616. The number of aliphatic hydroxyl groups is 1. The Morgan fingerprint density at radius 3 is 2.38 bits per heavy atom. The zero-order valence-electron chi connectivity index (χ0n) is 14.2. The molecule has 130 valence electrons. The lowest BCUT2D eigenvalue weighted by Crippen LogP contribution is -2.34. The predicted octanol–water partition coefficient (Wildman–Crippen LogP) is 2.88. The topological polar surface area (TPSA) is 53.5 Å². The van der Waals surface area contributed by atoms with E-state index in [4.69, 9.17) is 4.74 Å². The molecule has 4 nitrogen and oxygen atoms in total. The number of nitrogens with one attached hydrogen (secondary N) is 2. The van der Waals surface area contributed by atoms with Gasteiger partial charge in [-0.3, -0.25) is 0 Å². The normalized spacial score (nSPS) is 12.0. The maximum atomic E-state index is 12.8. The van der Waals surface area contributed by atoms with Crippen LogP contribution in [0.25, 0.3) is 0 Å². The lowest BCUT2D eigenvalue weighted by Gasteiger charge is -2.15. The molecule has 0 amide bonds. The molecule has 0 aliphatic rings. The van der Waals surface area contributed by atoms with Crippen LogP contribution >= 0.6 is 0 Å². The molecule has 0 saturated heterocycles. The third-order valence-corrected chi connectivity index (χ3v) is 3.72. The van der Waals surface area contributed by atoms with Crippen LogP contribution in [0.3, 0.4) is 0 Å². The summed E-state index contributed by atoms with van der Waals surface area (Å²) in [7, 11) is 0.